The third kappa shape index (κ3) is 2.68. The van der Waals surface area contributed by atoms with Gasteiger partial charge in [-0.2, -0.15) is 0 Å². The van der Waals surface area contributed by atoms with Gasteiger partial charge in [0.05, 0.1) is 11.8 Å². The van der Waals surface area contributed by atoms with Crippen LogP contribution in [-0.4, -0.2) is 32.2 Å². The van der Waals surface area contributed by atoms with Gasteiger partial charge in [0.1, 0.15) is 4.90 Å². The van der Waals surface area contributed by atoms with Gasteiger partial charge in [-0.3, -0.25) is 0 Å². The lowest BCUT2D eigenvalue weighted by Crippen LogP contribution is -2.57. The molecule has 3 N–H and O–H groups in total. The van der Waals surface area contributed by atoms with E-state index in [-0.39, 0.29) is 22.5 Å². The minimum Gasteiger partial charge on any atom is -0.392 e. The average molecular weight is 298 g/mol. The van der Waals surface area contributed by atoms with Gasteiger partial charge in [0, 0.05) is 18.0 Å². The second kappa shape index (κ2) is 5.35. The first-order valence-corrected chi connectivity index (χ1v) is 8.30. The molecule has 6 heteroatoms. The summed E-state index contributed by atoms with van der Waals surface area (Å²) in [4.78, 5) is 0.249. The highest BCUT2D eigenvalue weighted by Crippen LogP contribution is 2.42. The van der Waals surface area contributed by atoms with Crippen molar-refractivity contribution >= 4 is 15.7 Å². The van der Waals surface area contributed by atoms with E-state index in [4.69, 9.17) is 0 Å². The summed E-state index contributed by atoms with van der Waals surface area (Å²) in [6.07, 6.45) is 0.278. The monoisotopic (exact) mass is 298 g/mol. The molecular formula is C14H22N2O3S. The molecule has 1 saturated carbocycles. The summed E-state index contributed by atoms with van der Waals surface area (Å²) in [6, 6.07) is 6.91. The minimum absolute atomic E-state index is 0.0653. The topological polar surface area (TPSA) is 78.4 Å². The number of sulfonamides is 1. The zero-order chi connectivity index (χ0) is 15.0. The van der Waals surface area contributed by atoms with Crippen LogP contribution in [-0.2, 0) is 10.0 Å². The lowest BCUT2D eigenvalue weighted by Gasteiger charge is -2.50. The Balaban J connectivity index is 2.26. The van der Waals surface area contributed by atoms with Crippen LogP contribution < -0.4 is 10.0 Å². The third-order valence-electron chi connectivity index (χ3n) is 4.06. The van der Waals surface area contributed by atoms with E-state index in [9.17, 15) is 13.5 Å². The van der Waals surface area contributed by atoms with E-state index >= 15 is 0 Å². The summed E-state index contributed by atoms with van der Waals surface area (Å²) in [7, 11) is -3.50. The number of benzene rings is 1. The average Bonchev–Trinajstić information content (AvgIpc) is 2.39. The molecule has 1 aromatic carbocycles. The molecule has 0 heterocycles. The summed E-state index contributed by atoms with van der Waals surface area (Å²) in [6.45, 7) is 6.05. The quantitative estimate of drug-likeness (QED) is 0.771. The zero-order valence-electron chi connectivity index (χ0n) is 12.1. The number of hydrogen-bond acceptors (Lipinski definition) is 4. The van der Waals surface area contributed by atoms with Crippen LogP contribution >= 0.6 is 0 Å². The van der Waals surface area contributed by atoms with Crippen molar-refractivity contribution in [1.82, 2.24) is 4.72 Å². The van der Waals surface area contributed by atoms with Crippen molar-refractivity contribution in [3.05, 3.63) is 24.3 Å². The second-order valence-corrected chi connectivity index (χ2v) is 7.50. The molecule has 0 amide bonds. The Morgan fingerprint density at radius 2 is 2.00 bits per heavy atom. The molecular weight excluding hydrogens is 276 g/mol. The predicted molar refractivity (Wildman–Crippen MR) is 79.1 cm³/mol. The minimum atomic E-state index is -3.50. The molecule has 0 aliphatic heterocycles. The summed E-state index contributed by atoms with van der Waals surface area (Å²) < 4.78 is 26.8. The molecule has 20 heavy (non-hydrogen) atoms. The van der Waals surface area contributed by atoms with Gasteiger partial charge in [-0.05, 0) is 18.6 Å². The predicted octanol–water partition coefficient (Wildman–Crippen LogP) is 1.56. The Morgan fingerprint density at radius 3 is 2.55 bits per heavy atom. The summed E-state index contributed by atoms with van der Waals surface area (Å²) in [5, 5.41) is 13.0. The molecule has 2 unspecified atom stereocenters. The zero-order valence-corrected chi connectivity index (χ0v) is 12.9. The highest BCUT2D eigenvalue weighted by molar-refractivity contribution is 7.89. The number of rotatable bonds is 5. The molecule has 0 radical (unpaired) electrons. The molecule has 2 rings (SSSR count). The van der Waals surface area contributed by atoms with Gasteiger partial charge in [0.15, 0.2) is 0 Å². The molecule has 1 fully saturated rings. The standard InChI is InChI=1S/C14H22N2O3S/c1-4-15-20(18,19)11-8-6-5-7-10(11)16-12-9-13(17)14(12,2)3/h5-8,12-13,15-17H,4,9H2,1-3H3. The highest BCUT2D eigenvalue weighted by atomic mass is 32.2. The fourth-order valence-electron chi connectivity index (χ4n) is 2.42. The van der Waals surface area contributed by atoms with Crippen molar-refractivity contribution < 1.29 is 13.5 Å². The molecule has 0 bridgehead atoms. The number of anilines is 1. The van der Waals surface area contributed by atoms with Crippen LogP contribution in [0.25, 0.3) is 0 Å². The van der Waals surface area contributed by atoms with Crippen molar-refractivity contribution in [1.29, 1.82) is 0 Å². The Labute approximate surface area is 120 Å². The van der Waals surface area contributed by atoms with Gasteiger partial charge in [-0.15, -0.1) is 0 Å². The van der Waals surface area contributed by atoms with E-state index in [2.05, 4.69) is 10.0 Å². The first-order valence-electron chi connectivity index (χ1n) is 6.82. The number of hydrogen-bond donors (Lipinski definition) is 3. The van der Waals surface area contributed by atoms with Crippen molar-refractivity contribution in [2.24, 2.45) is 5.41 Å². The fraction of sp³-hybridized carbons (Fsp3) is 0.571. The van der Waals surface area contributed by atoms with Crippen molar-refractivity contribution in [2.75, 3.05) is 11.9 Å². The molecule has 0 spiro atoms. The SMILES string of the molecule is CCNS(=O)(=O)c1ccccc1NC1CC(O)C1(C)C. The lowest BCUT2D eigenvalue weighted by atomic mass is 9.64. The molecule has 112 valence electrons. The van der Waals surface area contributed by atoms with Gasteiger partial charge < -0.3 is 10.4 Å². The van der Waals surface area contributed by atoms with Gasteiger partial charge in [0.25, 0.3) is 0 Å². The molecule has 1 aliphatic rings. The molecule has 5 nitrogen and oxygen atoms in total. The summed E-state index contributed by atoms with van der Waals surface area (Å²) in [5.74, 6) is 0. The van der Waals surface area contributed by atoms with E-state index < -0.39 is 10.0 Å². The Morgan fingerprint density at radius 1 is 1.35 bits per heavy atom. The van der Waals surface area contributed by atoms with Crippen LogP contribution in [0.1, 0.15) is 27.2 Å². The van der Waals surface area contributed by atoms with Gasteiger partial charge >= 0.3 is 0 Å². The lowest BCUT2D eigenvalue weighted by molar-refractivity contribution is -0.0511. The fourth-order valence-corrected chi connectivity index (χ4v) is 3.63. The van der Waals surface area contributed by atoms with Crippen LogP contribution in [0.2, 0.25) is 0 Å². The van der Waals surface area contributed by atoms with E-state index in [1.54, 1.807) is 31.2 Å². The first kappa shape index (κ1) is 15.3. The van der Waals surface area contributed by atoms with Gasteiger partial charge in [0.2, 0.25) is 10.0 Å². The van der Waals surface area contributed by atoms with Crippen LogP contribution in [0.5, 0.6) is 0 Å². The number of nitrogens with one attached hydrogen (secondary N) is 2. The second-order valence-electron chi connectivity index (χ2n) is 5.77. The summed E-state index contributed by atoms with van der Waals surface area (Å²) >= 11 is 0. The molecule has 1 aromatic rings. The number of aliphatic hydroxyl groups excluding tert-OH is 1. The smallest absolute Gasteiger partial charge is 0.242 e. The van der Waals surface area contributed by atoms with Crippen LogP contribution in [0.4, 0.5) is 5.69 Å². The first-order chi connectivity index (χ1) is 9.29. The highest BCUT2D eigenvalue weighted by Gasteiger charge is 2.47. The Kier molecular flexibility index (Phi) is 4.09. The molecule has 0 aromatic heterocycles. The Bertz CT molecular complexity index is 584. The maximum Gasteiger partial charge on any atom is 0.242 e. The van der Waals surface area contributed by atoms with Gasteiger partial charge in [-0.25, -0.2) is 13.1 Å². The van der Waals surface area contributed by atoms with E-state index in [1.165, 1.54) is 0 Å². The van der Waals surface area contributed by atoms with E-state index in [0.717, 1.165) is 0 Å². The Hall–Kier alpha value is -1.11. The number of para-hydroxylation sites is 1. The third-order valence-corrected chi connectivity index (χ3v) is 5.66. The molecule has 2 atom stereocenters. The van der Waals surface area contributed by atoms with Crippen LogP contribution in [0.15, 0.2) is 29.2 Å². The maximum atomic E-state index is 12.2. The van der Waals surface area contributed by atoms with E-state index in [1.807, 2.05) is 13.8 Å². The largest absolute Gasteiger partial charge is 0.392 e. The number of aliphatic hydroxyl groups is 1. The van der Waals surface area contributed by atoms with Crippen LogP contribution in [0, 0.1) is 5.41 Å². The maximum absolute atomic E-state index is 12.2. The normalized spacial score (nSPS) is 25.0. The van der Waals surface area contributed by atoms with Crippen molar-refractivity contribution in [3.8, 4) is 0 Å². The molecule has 1 aliphatic carbocycles. The van der Waals surface area contributed by atoms with Crippen molar-refractivity contribution in [3.63, 3.8) is 0 Å². The summed E-state index contributed by atoms with van der Waals surface area (Å²) in [5.41, 5.74) is 0.327. The van der Waals surface area contributed by atoms with Crippen LogP contribution in [0.3, 0.4) is 0 Å². The van der Waals surface area contributed by atoms with Gasteiger partial charge in [-0.1, -0.05) is 32.9 Å². The van der Waals surface area contributed by atoms with Crippen molar-refractivity contribution in [2.45, 2.75) is 44.2 Å². The van der Waals surface area contributed by atoms with E-state index in [0.29, 0.717) is 18.7 Å². The molecule has 0 saturated heterocycles.